The van der Waals surface area contributed by atoms with Gasteiger partial charge in [-0.3, -0.25) is 4.21 Å². The molecule has 2 nitrogen and oxygen atoms in total. The van der Waals surface area contributed by atoms with Gasteiger partial charge in [-0.05, 0) is 43.0 Å². The fourth-order valence-electron chi connectivity index (χ4n) is 1.43. The van der Waals surface area contributed by atoms with Gasteiger partial charge in [0.25, 0.3) is 0 Å². The van der Waals surface area contributed by atoms with Gasteiger partial charge in [0, 0.05) is 4.90 Å². The second kappa shape index (κ2) is 5.75. The fourth-order valence-corrected chi connectivity index (χ4v) is 2.07. The summed E-state index contributed by atoms with van der Waals surface area (Å²) in [5.74, 6) is 0. The molecule has 0 saturated heterocycles. The molecule has 1 unspecified atom stereocenters. The maximum absolute atomic E-state index is 10.8. The van der Waals surface area contributed by atoms with E-state index in [0.717, 1.165) is 16.7 Å². The summed E-state index contributed by atoms with van der Waals surface area (Å²) in [5, 5.41) is 0. The number of benzene rings is 1. The Morgan fingerprint density at radius 2 is 1.54 bits per heavy atom. The van der Waals surface area contributed by atoms with Crippen molar-refractivity contribution in [2.24, 2.45) is 0 Å². The molecule has 4 heteroatoms. The van der Waals surface area contributed by atoms with E-state index >= 15 is 0 Å². The van der Waals surface area contributed by atoms with Gasteiger partial charge in [0.05, 0.1) is 0 Å². The van der Waals surface area contributed by atoms with Crippen molar-refractivity contribution in [3.05, 3.63) is 28.8 Å². The van der Waals surface area contributed by atoms with Gasteiger partial charge in [-0.1, -0.05) is 17.7 Å². The monoisotopic (exact) mass is 222 g/mol. The van der Waals surface area contributed by atoms with Gasteiger partial charge in [-0.2, -0.15) is 0 Å². The Hall–Kier alpha value is 0.966. The molecule has 0 fully saturated rings. The van der Waals surface area contributed by atoms with E-state index in [4.69, 9.17) is 0 Å². The van der Waals surface area contributed by atoms with Crippen LogP contribution in [0.2, 0.25) is 0 Å². The van der Waals surface area contributed by atoms with Crippen molar-refractivity contribution in [2.75, 3.05) is 0 Å². The molecule has 0 heterocycles. The zero-order valence-electron chi connectivity index (χ0n) is 8.38. The van der Waals surface area contributed by atoms with Crippen molar-refractivity contribution in [3.8, 4) is 0 Å². The second-order valence-corrected chi connectivity index (χ2v) is 3.84. The molecule has 13 heavy (non-hydrogen) atoms. The molecule has 0 saturated carbocycles. The normalized spacial score (nSPS) is 12.0. The second-order valence-electron chi connectivity index (χ2n) is 2.96. The molecule has 0 aliphatic heterocycles. The summed E-state index contributed by atoms with van der Waals surface area (Å²) in [7, 11) is 0. The van der Waals surface area contributed by atoms with E-state index in [1.807, 2.05) is 32.9 Å². The third-order valence-corrected chi connectivity index (χ3v) is 2.75. The minimum Gasteiger partial charge on any atom is -0.768 e. The largest absolute Gasteiger partial charge is 1.00 e. The molecular formula is C9H11KO2S. The maximum atomic E-state index is 10.8. The predicted octanol–water partition coefficient (Wildman–Crippen LogP) is -1.15. The maximum Gasteiger partial charge on any atom is 1.00 e. The summed E-state index contributed by atoms with van der Waals surface area (Å²) >= 11 is -2.11. The van der Waals surface area contributed by atoms with Crippen molar-refractivity contribution < 1.29 is 60.1 Å². The molecule has 1 rings (SSSR count). The van der Waals surface area contributed by atoms with E-state index in [1.165, 1.54) is 0 Å². The van der Waals surface area contributed by atoms with E-state index in [9.17, 15) is 8.76 Å². The number of hydrogen-bond donors (Lipinski definition) is 0. The SMILES string of the molecule is Cc1cc(C)c(S(=O)[O-])c(C)c1.[K+]. The first-order valence-corrected chi connectivity index (χ1v) is 4.77. The molecule has 0 aliphatic carbocycles. The van der Waals surface area contributed by atoms with Crippen LogP contribution in [-0.2, 0) is 11.1 Å². The zero-order chi connectivity index (χ0) is 9.30. The van der Waals surface area contributed by atoms with Crippen LogP contribution < -0.4 is 51.4 Å². The number of aryl methyl sites for hydroxylation is 3. The third kappa shape index (κ3) is 3.55. The topological polar surface area (TPSA) is 40.1 Å². The first kappa shape index (κ1) is 14.0. The number of rotatable bonds is 1. The van der Waals surface area contributed by atoms with E-state index in [1.54, 1.807) is 0 Å². The first-order chi connectivity index (χ1) is 5.52. The Balaban J connectivity index is 0.00000144. The van der Waals surface area contributed by atoms with Crippen molar-refractivity contribution in [1.82, 2.24) is 0 Å². The van der Waals surface area contributed by atoms with Crippen LogP contribution in [0.5, 0.6) is 0 Å². The summed E-state index contributed by atoms with van der Waals surface area (Å²) in [4.78, 5) is 0.431. The van der Waals surface area contributed by atoms with Gasteiger partial charge in [0.2, 0.25) is 0 Å². The van der Waals surface area contributed by atoms with Crippen LogP contribution in [0.4, 0.5) is 0 Å². The van der Waals surface area contributed by atoms with E-state index in [2.05, 4.69) is 0 Å². The Bertz CT molecular complexity index is 313. The van der Waals surface area contributed by atoms with Gasteiger partial charge < -0.3 is 4.55 Å². The molecule has 66 valence electrons. The molecule has 0 aliphatic rings. The van der Waals surface area contributed by atoms with Crippen LogP contribution in [0.1, 0.15) is 16.7 Å². The minimum absolute atomic E-state index is 0. The molecule has 0 N–H and O–H groups in total. The summed E-state index contributed by atoms with van der Waals surface area (Å²) in [6.45, 7) is 5.58. The Kier molecular flexibility index (Phi) is 6.18. The molecule has 0 aromatic heterocycles. The van der Waals surface area contributed by atoms with Crippen molar-refractivity contribution >= 4 is 11.1 Å². The molecule has 0 bridgehead atoms. The average Bonchev–Trinajstić information content (AvgIpc) is 1.82. The van der Waals surface area contributed by atoms with E-state index < -0.39 is 11.1 Å². The van der Waals surface area contributed by atoms with Crippen LogP contribution in [0, 0.1) is 20.8 Å². The van der Waals surface area contributed by atoms with Gasteiger partial charge >= 0.3 is 51.4 Å². The van der Waals surface area contributed by atoms with Crippen molar-refractivity contribution in [1.29, 1.82) is 0 Å². The van der Waals surface area contributed by atoms with Crippen molar-refractivity contribution in [2.45, 2.75) is 25.7 Å². The Morgan fingerprint density at radius 3 is 1.85 bits per heavy atom. The molecular weight excluding hydrogens is 211 g/mol. The van der Waals surface area contributed by atoms with Crippen LogP contribution >= 0.6 is 0 Å². The van der Waals surface area contributed by atoms with Gasteiger partial charge in [-0.25, -0.2) is 0 Å². The van der Waals surface area contributed by atoms with Crippen LogP contribution in [0.15, 0.2) is 17.0 Å². The molecule has 0 radical (unpaired) electrons. The predicted molar refractivity (Wildman–Crippen MR) is 47.8 cm³/mol. The quantitative estimate of drug-likeness (QED) is 0.445. The molecule has 1 atom stereocenters. The number of hydrogen-bond acceptors (Lipinski definition) is 2. The van der Waals surface area contributed by atoms with Crippen LogP contribution in [0.3, 0.4) is 0 Å². The molecule has 1 aromatic carbocycles. The smallest absolute Gasteiger partial charge is 0.768 e. The minimum atomic E-state index is -2.11. The van der Waals surface area contributed by atoms with Crippen LogP contribution in [-0.4, -0.2) is 8.76 Å². The van der Waals surface area contributed by atoms with Gasteiger partial charge in [-0.15, -0.1) is 0 Å². The molecule has 0 amide bonds. The third-order valence-electron chi connectivity index (χ3n) is 1.77. The zero-order valence-corrected chi connectivity index (χ0v) is 12.3. The van der Waals surface area contributed by atoms with E-state index in [-0.39, 0.29) is 51.4 Å². The van der Waals surface area contributed by atoms with Crippen LogP contribution in [0.25, 0.3) is 0 Å². The van der Waals surface area contributed by atoms with E-state index in [0.29, 0.717) is 4.90 Å². The van der Waals surface area contributed by atoms with Gasteiger partial charge in [0.1, 0.15) is 0 Å². The Morgan fingerprint density at radius 1 is 1.15 bits per heavy atom. The standard InChI is InChI=1S/C9H12O2S.K/c1-6-4-7(2)9(12(10)11)8(3)5-6;/h4-5H,1-3H3,(H,10,11);/q;+1/p-1. The molecule has 1 aromatic rings. The first-order valence-electron chi connectivity index (χ1n) is 3.69. The summed E-state index contributed by atoms with van der Waals surface area (Å²) in [6.07, 6.45) is 0. The fraction of sp³-hybridized carbons (Fsp3) is 0.333. The average molecular weight is 222 g/mol. The summed E-state index contributed by atoms with van der Waals surface area (Å²) in [6, 6.07) is 3.75. The Labute approximate surface area is 124 Å². The molecule has 0 spiro atoms. The van der Waals surface area contributed by atoms with Gasteiger partial charge in [0.15, 0.2) is 0 Å². The summed E-state index contributed by atoms with van der Waals surface area (Å²) < 4.78 is 21.5. The summed E-state index contributed by atoms with van der Waals surface area (Å²) in [5.41, 5.74) is 2.74. The van der Waals surface area contributed by atoms with Crippen molar-refractivity contribution in [3.63, 3.8) is 0 Å².